The number of carbonyl (C=O) groups excluding carboxylic acids is 1. The fourth-order valence-corrected chi connectivity index (χ4v) is 5.81. The number of carbonyl (C=O) groups is 1. The van der Waals surface area contributed by atoms with Crippen molar-refractivity contribution in [1.82, 2.24) is 9.99 Å². The molecule has 0 bridgehead atoms. The van der Waals surface area contributed by atoms with Gasteiger partial charge in [0.1, 0.15) is 14.2 Å². The van der Waals surface area contributed by atoms with E-state index in [-0.39, 0.29) is 11.5 Å². The van der Waals surface area contributed by atoms with E-state index >= 15 is 0 Å². The second-order valence-electron chi connectivity index (χ2n) is 6.07. The molecule has 8 heteroatoms. The summed E-state index contributed by atoms with van der Waals surface area (Å²) < 4.78 is 2.86. The topological polar surface area (TPSA) is 66.7 Å². The summed E-state index contributed by atoms with van der Waals surface area (Å²) in [5.74, 6) is -0.280. The summed E-state index contributed by atoms with van der Waals surface area (Å²) >= 11 is 2.94. The van der Waals surface area contributed by atoms with Crippen LogP contribution in [0.25, 0.3) is 10.6 Å². The molecule has 0 aliphatic carbocycles. The van der Waals surface area contributed by atoms with Gasteiger partial charge in [-0.05, 0) is 26.0 Å². The van der Waals surface area contributed by atoms with Crippen molar-refractivity contribution in [3.8, 4) is 0 Å². The third-order valence-corrected chi connectivity index (χ3v) is 6.94. The van der Waals surface area contributed by atoms with Gasteiger partial charge in [0.25, 0.3) is 11.5 Å². The highest BCUT2D eigenvalue weighted by Crippen LogP contribution is 2.45. The highest BCUT2D eigenvalue weighted by Gasteiger charge is 2.28. The summed E-state index contributed by atoms with van der Waals surface area (Å²) in [5, 5.41) is 4.91. The Labute approximate surface area is 164 Å². The second-order valence-corrected chi connectivity index (χ2v) is 8.10. The van der Waals surface area contributed by atoms with Crippen molar-refractivity contribution in [1.29, 1.82) is 0 Å². The number of thiazole rings is 1. The van der Waals surface area contributed by atoms with Gasteiger partial charge in [-0.2, -0.15) is 5.10 Å². The Morgan fingerprint density at radius 3 is 2.74 bits per heavy atom. The number of amides is 1. The molecule has 0 spiro atoms. The molecule has 0 saturated carbocycles. The Morgan fingerprint density at radius 1 is 1.30 bits per heavy atom. The van der Waals surface area contributed by atoms with Crippen LogP contribution in [0.2, 0.25) is 0 Å². The molecule has 1 N–H and O–H groups in total. The van der Waals surface area contributed by atoms with Crippen LogP contribution < -0.4 is 25.1 Å². The minimum absolute atomic E-state index is 0.108. The molecule has 6 nitrogen and oxygen atoms in total. The minimum atomic E-state index is -0.280. The third-order valence-electron chi connectivity index (χ3n) is 4.44. The first-order valence-electron chi connectivity index (χ1n) is 8.55. The number of aromatic nitrogens is 1. The third kappa shape index (κ3) is 2.76. The molecule has 1 amide bonds. The SMILES string of the molecule is C=CCn1c(=O)/c(=C2\Sc3ccccc3N2CC)s/c1=C1/C(=O)NN=C1C. The first-order chi connectivity index (χ1) is 13.1. The van der Waals surface area contributed by atoms with Crippen LogP contribution in [0.5, 0.6) is 0 Å². The molecule has 0 radical (unpaired) electrons. The Kier molecular flexibility index (Phi) is 4.53. The first-order valence-corrected chi connectivity index (χ1v) is 10.2. The number of anilines is 1. The van der Waals surface area contributed by atoms with Crippen LogP contribution in [0, 0.1) is 0 Å². The molecule has 0 unspecified atom stereocenters. The Bertz CT molecular complexity index is 1170. The van der Waals surface area contributed by atoms with E-state index in [1.807, 2.05) is 12.1 Å². The van der Waals surface area contributed by atoms with Crippen LogP contribution >= 0.6 is 23.1 Å². The molecule has 2 aliphatic rings. The number of hydrogen-bond donors (Lipinski definition) is 1. The Hall–Kier alpha value is -2.58. The van der Waals surface area contributed by atoms with E-state index in [0.29, 0.717) is 27.0 Å². The number of benzene rings is 1. The maximum Gasteiger partial charge on any atom is 0.276 e. The molecule has 1 aromatic carbocycles. The van der Waals surface area contributed by atoms with Crippen LogP contribution in [0.1, 0.15) is 13.8 Å². The molecule has 138 valence electrons. The molecule has 2 aromatic rings. The van der Waals surface area contributed by atoms with E-state index in [4.69, 9.17) is 0 Å². The van der Waals surface area contributed by atoms with Crippen molar-refractivity contribution in [2.24, 2.45) is 5.10 Å². The van der Waals surface area contributed by atoms with Crippen molar-refractivity contribution in [2.45, 2.75) is 25.3 Å². The van der Waals surface area contributed by atoms with Gasteiger partial charge in [-0.1, -0.05) is 30.0 Å². The average Bonchev–Trinajstić information content (AvgIpc) is 3.30. The van der Waals surface area contributed by atoms with Crippen molar-refractivity contribution in [3.63, 3.8) is 0 Å². The van der Waals surface area contributed by atoms with Crippen molar-refractivity contribution < 1.29 is 4.79 Å². The van der Waals surface area contributed by atoms with E-state index in [1.165, 1.54) is 11.3 Å². The van der Waals surface area contributed by atoms with Crippen LogP contribution in [-0.4, -0.2) is 22.7 Å². The van der Waals surface area contributed by atoms with Crippen molar-refractivity contribution >= 4 is 51.0 Å². The van der Waals surface area contributed by atoms with E-state index in [2.05, 4.69) is 41.1 Å². The minimum Gasteiger partial charge on any atom is -0.334 e. The molecule has 0 fully saturated rings. The lowest BCUT2D eigenvalue weighted by molar-refractivity contribution is -0.115. The smallest absolute Gasteiger partial charge is 0.276 e. The lowest BCUT2D eigenvalue weighted by Gasteiger charge is -2.16. The van der Waals surface area contributed by atoms with Crippen LogP contribution in [0.15, 0.2) is 51.7 Å². The molecule has 0 atom stereocenters. The molecular formula is C19H18N4O2S2. The number of nitrogens with one attached hydrogen (secondary N) is 1. The summed E-state index contributed by atoms with van der Waals surface area (Å²) in [5.41, 5.74) is 4.51. The lowest BCUT2D eigenvalue weighted by atomic mass is 10.2. The summed E-state index contributed by atoms with van der Waals surface area (Å²) in [6, 6.07) is 8.12. The summed E-state index contributed by atoms with van der Waals surface area (Å²) in [4.78, 5) is 28.8. The van der Waals surface area contributed by atoms with Crippen molar-refractivity contribution in [2.75, 3.05) is 11.4 Å². The average molecular weight is 399 g/mol. The predicted molar refractivity (Wildman–Crippen MR) is 111 cm³/mol. The summed E-state index contributed by atoms with van der Waals surface area (Å²) in [6.45, 7) is 8.68. The highest BCUT2D eigenvalue weighted by molar-refractivity contribution is 8.08. The van der Waals surface area contributed by atoms with E-state index in [1.54, 1.807) is 29.3 Å². The number of hydrazone groups is 1. The van der Waals surface area contributed by atoms with Gasteiger partial charge in [0.15, 0.2) is 0 Å². The fourth-order valence-electron chi connectivity index (χ4n) is 3.21. The highest BCUT2D eigenvalue weighted by atomic mass is 32.2. The molecule has 2 aliphatic heterocycles. The Balaban J connectivity index is 2.06. The predicted octanol–water partition coefficient (Wildman–Crippen LogP) is 1.45. The number of thioether (sulfide) groups is 1. The molecule has 27 heavy (non-hydrogen) atoms. The quantitative estimate of drug-likeness (QED) is 0.795. The molecule has 1 aromatic heterocycles. The van der Waals surface area contributed by atoms with Gasteiger partial charge in [-0.15, -0.1) is 17.9 Å². The summed E-state index contributed by atoms with van der Waals surface area (Å²) in [7, 11) is 0. The number of para-hydroxylation sites is 1. The number of allylic oxidation sites excluding steroid dienone is 1. The Morgan fingerprint density at radius 2 is 2.07 bits per heavy atom. The summed E-state index contributed by atoms with van der Waals surface area (Å²) in [6.07, 6.45) is 1.67. The van der Waals surface area contributed by atoms with Crippen LogP contribution in [-0.2, 0) is 11.3 Å². The second kappa shape index (κ2) is 6.86. The standard InChI is InChI=1S/C19H18N4O2S2/c1-4-10-23-17(25)15(27-18(23)14-11(3)20-21-16(14)24)19-22(5-2)12-8-6-7-9-13(12)26-19/h4,6-9H,1,5,10H2,2-3H3,(H,21,24)/b18-14+,19-15+. The van der Waals surface area contributed by atoms with Crippen molar-refractivity contribution in [3.05, 3.63) is 56.5 Å². The number of fused-ring (bicyclic) bond motifs is 1. The first kappa shape index (κ1) is 17.8. The molecule has 0 saturated heterocycles. The number of rotatable bonds is 3. The molecule has 3 heterocycles. The normalized spacial score (nSPS) is 19.9. The molecule has 4 rings (SSSR count). The largest absolute Gasteiger partial charge is 0.334 e. The van der Waals surface area contributed by atoms with Gasteiger partial charge < -0.3 is 4.90 Å². The lowest BCUT2D eigenvalue weighted by Crippen LogP contribution is -2.35. The van der Waals surface area contributed by atoms with Crippen LogP contribution in [0.4, 0.5) is 5.69 Å². The fraction of sp³-hybridized carbons (Fsp3) is 0.211. The number of hydrogen-bond acceptors (Lipinski definition) is 6. The zero-order chi connectivity index (χ0) is 19.1. The zero-order valence-corrected chi connectivity index (χ0v) is 16.6. The van der Waals surface area contributed by atoms with Gasteiger partial charge >= 0.3 is 0 Å². The van der Waals surface area contributed by atoms with Gasteiger partial charge in [0.2, 0.25) is 0 Å². The van der Waals surface area contributed by atoms with E-state index in [0.717, 1.165) is 22.2 Å². The van der Waals surface area contributed by atoms with Gasteiger partial charge in [0.05, 0.1) is 17.0 Å². The molecular weight excluding hydrogens is 380 g/mol. The number of nitrogens with zero attached hydrogens (tertiary/aromatic N) is 3. The van der Waals surface area contributed by atoms with E-state index in [9.17, 15) is 9.59 Å². The van der Waals surface area contributed by atoms with E-state index < -0.39 is 0 Å². The van der Waals surface area contributed by atoms with Gasteiger partial charge in [-0.3, -0.25) is 14.2 Å². The monoisotopic (exact) mass is 398 g/mol. The maximum atomic E-state index is 13.2. The van der Waals surface area contributed by atoms with Gasteiger partial charge in [-0.25, -0.2) is 5.43 Å². The van der Waals surface area contributed by atoms with Crippen LogP contribution in [0.3, 0.4) is 0 Å². The van der Waals surface area contributed by atoms with Gasteiger partial charge in [0, 0.05) is 18.0 Å². The zero-order valence-electron chi connectivity index (χ0n) is 15.0. The maximum absolute atomic E-state index is 13.2.